The molecule has 2 saturated carbocycles. The summed E-state index contributed by atoms with van der Waals surface area (Å²) in [5.41, 5.74) is 1.28. The van der Waals surface area contributed by atoms with Gasteiger partial charge in [-0.3, -0.25) is 15.4 Å². The van der Waals surface area contributed by atoms with E-state index < -0.39 is 10.6 Å². The van der Waals surface area contributed by atoms with Crippen LogP contribution in [0.4, 0.5) is 5.69 Å². The van der Waals surface area contributed by atoms with Gasteiger partial charge in [-0.15, -0.1) is 0 Å². The van der Waals surface area contributed by atoms with Crippen LogP contribution in [0.5, 0.6) is 5.75 Å². The summed E-state index contributed by atoms with van der Waals surface area (Å²) in [5, 5.41) is 15.5. The van der Waals surface area contributed by atoms with Crippen LogP contribution < -0.4 is 10.1 Å². The maximum absolute atomic E-state index is 11.5. The van der Waals surface area contributed by atoms with Crippen LogP contribution >= 0.6 is 11.6 Å². The van der Waals surface area contributed by atoms with E-state index in [9.17, 15) is 10.1 Å². The van der Waals surface area contributed by atoms with Crippen molar-refractivity contribution < 1.29 is 9.66 Å². The van der Waals surface area contributed by atoms with Crippen molar-refractivity contribution in [2.24, 2.45) is 0 Å². The first kappa shape index (κ1) is 15.9. The molecule has 0 amide bonds. The molecule has 4 rings (SSSR count). The zero-order valence-electron chi connectivity index (χ0n) is 13.5. The van der Waals surface area contributed by atoms with Crippen molar-refractivity contribution in [3.63, 3.8) is 0 Å². The second-order valence-corrected chi connectivity index (χ2v) is 7.47. The molecule has 3 aliphatic rings. The summed E-state index contributed by atoms with van der Waals surface area (Å²) in [6.07, 6.45) is 10.8. The number of nitrogens with one attached hydrogen (secondary N) is 1. The number of nitro benzene ring substituents is 1. The van der Waals surface area contributed by atoms with Crippen molar-refractivity contribution >= 4 is 23.4 Å². The zero-order chi connectivity index (χ0) is 16.7. The lowest BCUT2D eigenvalue weighted by atomic mass is 9.82. The Kier molecular flexibility index (Phi) is 4.01. The van der Waals surface area contributed by atoms with E-state index in [2.05, 4.69) is 11.4 Å². The molecule has 5 nitrogen and oxygen atoms in total. The molecule has 0 aromatic heterocycles. The SMILES string of the molecule is O=[N+]([O-])c1cc(Cl)cc2c1OC1(NC3CCCC3)CCCCC1=C2. The quantitative estimate of drug-likeness (QED) is 0.627. The van der Waals surface area contributed by atoms with E-state index in [4.69, 9.17) is 16.3 Å². The fourth-order valence-electron chi connectivity index (χ4n) is 4.27. The van der Waals surface area contributed by atoms with Gasteiger partial charge in [0.2, 0.25) is 5.75 Å². The van der Waals surface area contributed by atoms with Crippen LogP contribution in [0.3, 0.4) is 0 Å². The standard InChI is InChI=1S/C18H21ClN2O3/c19-14-10-12-9-13-5-3-4-8-18(13,20-15-6-1-2-7-15)24-17(12)16(11-14)21(22)23/h9-11,15,20H,1-8H2. The normalized spacial score (nSPS) is 26.3. The summed E-state index contributed by atoms with van der Waals surface area (Å²) >= 11 is 6.07. The van der Waals surface area contributed by atoms with Gasteiger partial charge in [0.25, 0.3) is 0 Å². The van der Waals surface area contributed by atoms with Crippen LogP contribution in [0.1, 0.15) is 56.9 Å². The molecule has 1 unspecified atom stereocenters. The van der Waals surface area contributed by atoms with Gasteiger partial charge in [-0.25, -0.2) is 0 Å². The largest absolute Gasteiger partial charge is 0.461 e. The molecule has 1 aromatic rings. The van der Waals surface area contributed by atoms with Crippen LogP contribution in [-0.2, 0) is 0 Å². The maximum Gasteiger partial charge on any atom is 0.313 e. The minimum Gasteiger partial charge on any atom is -0.461 e. The second-order valence-electron chi connectivity index (χ2n) is 7.03. The Hall–Kier alpha value is -1.59. The van der Waals surface area contributed by atoms with Gasteiger partial charge in [0.05, 0.1) is 4.92 Å². The van der Waals surface area contributed by atoms with Crippen molar-refractivity contribution in [2.75, 3.05) is 0 Å². The number of ether oxygens (including phenoxy) is 1. The van der Waals surface area contributed by atoms with Crippen molar-refractivity contribution in [3.05, 3.63) is 38.4 Å². The van der Waals surface area contributed by atoms with Gasteiger partial charge >= 0.3 is 5.69 Å². The number of rotatable bonds is 3. The number of benzene rings is 1. The molecule has 0 saturated heterocycles. The lowest BCUT2D eigenvalue weighted by Crippen LogP contribution is -2.57. The maximum atomic E-state index is 11.5. The number of fused-ring (bicyclic) bond motifs is 2. The molecule has 0 spiro atoms. The van der Waals surface area contributed by atoms with Gasteiger partial charge in [-0.05, 0) is 49.8 Å². The van der Waals surface area contributed by atoms with Crippen molar-refractivity contribution in [1.29, 1.82) is 0 Å². The molecular weight excluding hydrogens is 328 g/mol. The minimum atomic E-state index is -0.584. The predicted octanol–water partition coefficient (Wildman–Crippen LogP) is 4.83. The van der Waals surface area contributed by atoms with Crippen LogP contribution in [0.2, 0.25) is 5.02 Å². The third-order valence-electron chi connectivity index (χ3n) is 5.40. The number of halogens is 1. The van der Waals surface area contributed by atoms with Crippen LogP contribution in [0.15, 0.2) is 17.7 Å². The average molecular weight is 349 g/mol. The molecule has 0 radical (unpaired) electrons. The molecule has 2 fully saturated rings. The van der Waals surface area contributed by atoms with E-state index in [-0.39, 0.29) is 5.69 Å². The number of nitro groups is 1. The number of nitrogens with zero attached hydrogens (tertiary/aromatic N) is 1. The van der Waals surface area contributed by atoms with Gasteiger partial charge in [0.1, 0.15) is 0 Å². The van der Waals surface area contributed by atoms with E-state index in [1.165, 1.54) is 24.5 Å². The van der Waals surface area contributed by atoms with E-state index in [0.717, 1.165) is 44.1 Å². The Labute approximate surface area is 146 Å². The molecule has 128 valence electrons. The first-order chi connectivity index (χ1) is 11.6. The molecule has 1 aromatic carbocycles. The van der Waals surface area contributed by atoms with Gasteiger partial charge in [-0.2, -0.15) is 0 Å². The van der Waals surface area contributed by atoms with Crippen LogP contribution in [0, 0.1) is 10.1 Å². The summed E-state index contributed by atoms with van der Waals surface area (Å²) in [6, 6.07) is 3.57. The Morgan fingerprint density at radius 3 is 2.79 bits per heavy atom. The van der Waals surface area contributed by atoms with Gasteiger partial charge in [-0.1, -0.05) is 24.4 Å². The third-order valence-corrected chi connectivity index (χ3v) is 5.62. The molecule has 0 bridgehead atoms. The Bertz CT molecular complexity index is 712. The van der Waals surface area contributed by atoms with Gasteiger partial charge in [0, 0.05) is 29.1 Å². The van der Waals surface area contributed by atoms with E-state index in [1.54, 1.807) is 6.07 Å². The first-order valence-electron chi connectivity index (χ1n) is 8.73. The highest BCUT2D eigenvalue weighted by molar-refractivity contribution is 6.31. The smallest absolute Gasteiger partial charge is 0.313 e. The third kappa shape index (κ3) is 2.70. The number of hydrogen-bond donors (Lipinski definition) is 1. The van der Waals surface area contributed by atoms with Gasteiger partial charge in [0.15, 0.2) is 5.72 Å². The molecule has 2 aliphatic carbocycles. The van der Waals surface area contributed by atoms with E-state index in [0.29, 0.717) is 16.8 Å². The topological polar surface area (TPSA) is 64.4 Å². The van der Waals surface area contributed by atoms with E-state index >= 15 is 0 Å². The van der Waals surface area contributed by atoms with Gasteiger partial charge < -0.3 is 4.74 Å². The van der Waals surface area contributed by atoms with E-state index in [1.807, 2.05) is 0 Å². The molecule has 1 aliphatic heterocycles. The summed E-state index contributed by atoms with van der Waals surface area (Å²) < 4.78 is 6.35. The number of hydrogen-bond acceptors (Lipinski definition) is 4. The molecule has 1 heterocycles. The molecule has 1 atom stereocenters. The summed E-state index contributed by atoms with van der Waals surface area (Å²) in [4.78, 5) is 11.1. The van der Waals surface area contributed by atoms with Crippen molar-refractivity contribution in [2.45, 2.75) is 63.1 Å². The van der Waals surface area contributed by atoms with Crippen LogP contribution in [0.25, 0.3) is 6.08 Å². The monoisotopic (exact) mass is 348 g/mol. The lowest BCUT2D eigenvalue weighted by molar-refractivity contribution is -0.386. The fraction of sp³-hybridized carbons (Fsp3) is 0.556. The fourth-order valence-corrected chi connectivity index (χ4v) is 4.49. The van der Waals surface area contributed by atoms with Crippen molar-refractivity contribution in [1.82, 2.24) is 5.32 Å². The summed E-state index contributed by atoms with van der Waals surface area (Å²) in [5.74, 6) is 0.348. The highest BCUT2D eigenvalue weighted by Crippen LogP contribution is 2.47. The summed E-state index contributed by atoms with van der Waals surface area (Å²) in [6.45, 7) is 0. The Balaban J connectivity index is 1.78. The zero-order valence-corrected chi connectivity index (χ0v) is 14.3. The van der Waals surface area contributed by atoms with Crippen LogP contribution in [-0.4, -0.2) is 16.7 Å². The Morgan fingerprint density at radius 1 is 1.25 bits per heavy atom. The molecular formula is C18H21ClN2O3. The highest BCUT2D eigenvalue weighted by Gasteiger charge is 2.45. The lowest BCUT2D eigenvalue weighted by Gasteiger charge is -2.44. The second kappa shape index (κ2) is 6.05. The minimum absolute atomic E-state index is 0.0500. The Morgan fingerprint density at radius 2 is 2.04 bits per heavy atom. The predicted molar refractivity (Wildman–Crippen MR) is 93.3 cm³/mol. The molecule has 24 heavy (non-hydrogen) atoms. The molecule has 1 N–H and O–H groups in total. The highest BCUT2D eigenvalue weighted by atomic mass is 35.5. The summed E-state index contributed by atoms with van der Waals surface area (Å²) in [7, 11) is 0. The molecule has 6 heteroatoms. The first-order valence-corrected chi connectivity index (χ1v) is 9.11. The van der Waals surface area contributed by atoms with Crippen molar-refractivity contribution in [3.8, 4) is 5.75 Å². The average Bonchev–Trinajstić information content (AvgIpc) is 3.05.